The summed E-state index contributed by atoms with van der Waals surface area (Å²) < 4.78 is 0. The van der Waals surface area contributed by atoms with E-state index in [1.165, 1.54) is 16.1 Å². The van der Waals surface area contributed by atoms with E-state index in [2.05, 4.69) is 55.3 Å². The number of aryl methyl sites for hydroxylation is 1. The third kappa shape index (κ3) is 2.34. The molecule has 0 saturated carbocycles. The van der Waals surface area contributed by atoms with E-state index in [1.54, 1.807) is 0 Å². The molecule has 2 aromatic rings. The lowest BCUT2D eigenvalue weighted by Crippen LogP contribution is -2.17. The lowest BCUT2D eigenvalue weighted by atomic mass is 10.2. The van der Waals surface area contributed by atoms with Gasteiger partial charge in [-0.3, -0.25) is 0 Å². The highest BCUT2D eigenvalue weighted by molar-refractivity contribution is 7.15. The number of rotatable bonds is 4. The molecule has 2 heterocycles. The van der Waals surface area contributed by atoms with Crippen molar-refractivity contribution >= 4 is 22.2 Å². The second-order valence-electron chi connectivity index (χ2n) is 5.26. The average Bonchev–Trinajstić information content (AvgIpc) is 3.02. The zero-order chi connectivity index (χ0) is 14.1. The van der Waals surface area contributed by atoms with Gasteiger partial charge in [-0.25, -0.2) is 4.98 Å². The molecule has 0 bridgehead atoms. The molecule has 1 aliphatic heterocycles. The van der Waals surface area contributed by atoms with Crippen LogP contribution in [0, 0.1) is 6.92 Å². The minimum absolute atomic E-state index is 0.379. The van der Waals surface area contributed by atoms with Crippen molar-refractivity contribution in [2.45, 2.75) is 33.2 Å². The predicted octanol–water partition coefficient (Wildman–Crippen LogP) is 3.82. The van der Waals surface area contributed by atoms with Crippen LogP contribution in [0.3, 0.4) is 0 Å². The van der Waals surface area contributed by atoms with Gasteiger partial charge >= 0.3 is 0 Å². The summed E-state index contributed by atoms with van der Waals surface area (Å²) in [6.45, 7) is 8.50. The van der Waals surface area contributed by atoms with Gasteiger partial charge in [-0.05, 0) is 38.4 Å². The molecule has 1 atom stereocenters. The standard InChI is InChI=1S/C16H21N3S/c1-4-17-11(2)15-12(3)18-16(20-15)19-10-9-13-7-5-6-8-14(13)19/h5-8,11,17H,4,9-10H2,1-3H3. The monoisotopic (exact) mass is 287 g/mol. The van der Waals surface area contributed by atoms with Crippen molar-refractivity contribution < 1.29 is 0 Å². The van der Waals surface area contributed by atoms with Crippen LogP contribution in [0.25, 0.3) is 0 Å². The fraction of sp³-hybridized carbons (Fsp3) is 0.438. The normalized spacial score (nSPS) is 15.4. The molecule has 1 N–H and O–H groups in total. The lowest BCUT2D eigenvalue weighted by molar-refractivity contribution is 0.603. The molecule has 106 valence electrons. The summed E-state index contributed by atoms with van der Waals surface area (Å²) in [5.41, 5.74) is 3.91. The van der Waals surface area contributed by atoms with Crippen LogP contribution < -0.4 is 10.2 Å². The molecule has 0 radical (unpaired) electrons. The maximum Gasteiger partial charge on any atom is 0.190 e. The molecule has 0 spiro atoms. The average molecular weight is 287 g/mol. The van der Waals surface area contributed by atoms with Crippen LogP contribution in [-0.2, 0) is 6.42 Å². The first-order chi connectivity index (χ1) is 9.70. The molecule has 20 heavy (non-hydrogen) atoms. The summed E-state index contributed by atoms with van der Waals surface area (Å²) in [6.07, 6.45) is 1.12. The molecule has 1 aliphatic rings. The van der Waals surface area contributed by atoms with Crippen molar-refractivity contribution in [1.82, 2.24) is 10.3 Å². The number of fused-ring (bicyclic) bond motifs is 1. The van der Waals surface area contributed by atoms with Crippen LogP contribution in [-0.4, -0.2) is 18.1 Å². The summed E-state index contributed by atoms with van der Waals surface area (Å²) in [7, 11) is 0. The van der Waals surface area contributed by atoms with E-state index in [9.17, 15) is 0 Å². The second-order valence-corrected chi connectivity index (χ2v) is 6.26. The third-order valence-corrected chi connectivity index (χ3v) is 5.21. The molecule has 1 aromatic carbocycles. The van der Waals surface area contributed by atoms with Crippen molar-refractivity contribution in [2.75, 3.05) is 18.0 Å². The Kier molecular flexibility index (Phi) is 3.76. The number of hydrogen-bond acceptors (Lipinski definition) is 4. The van der Waals surface area contributed by atoms with E-state index in [0.29, 0.717) is 6.04 Å². The van der Waals surface area contributed by atoms with E-state index in [-0.39, 0.29) is 0 Å². The van der Waals surface area contributed by atoms with Gasteiger partial charge in [-0.1, -0.05) is 36.5 Å². The van der Waals surface area contributed by atoms with Crippen LogP contribution >= 0.6 is 11.3 Å². The van der Waals surface area contributed by atoms with E-state index in [4.69, 9.17) is 4.98 Å². The summed E-state index contributed by atoms with van der Waals surface area (Å²) in [5, 5.41) is 4.61. The number of hydrogen-bond donors (Lipinski definition) is 1. The van der Waals surface area contributed by atoms with Gasteiger partial charge in [-0.2, -0.15) is 0 Å². The summed E-state index contributed by atoms with van der Waals surface area (Å²) in [4.78, 5) is 8.51. The van der Waals surface area contributed by atoms with Crippen LogP contribution in [0.1, 0.15) is 36.0 Å². The fourth-order valence-electron chi connectivity index (χ4n) is 2.85. The molecular weight excluding hydrogens is 266 g/mol. The molecule has 1 unspecified atom stereocenters. The predicted molar refractivity (Wildman–Crippen MR) is 86.1 cm³/mol. The minimum Gasteiger partial charge on any atom is -0.317 e. The van der Waals surface area contributed by atoms with Gasteiger partial charge in [0.05, 0.1) is 5.69 Å². The van der Waals surface area contributed by atoms with E-state index >= 15 is 0 Å². The molecule has 3 nitrogen and oxygen atoms in total. The number of nitrogens with zero attached hydrogens (tertiary/aromatic N) is 2. The number of nitrogens with one attached hydrogen (secondary N) is 1. The quantitative estimate of drug-likeness (QED) is 0.926. The van der Waals surface area contributed by atoms with Crippen LogP contribution in [0.4, 0.5) is 10.8 Å². The van der Waals surface area contributed by atoms with E-state index in [0.717, 1.165) is 30.3 Å². The molecule has 4 heteroatoms. The highest BCUT2D eigenvalue weighted by atomic mass is 32.1. The maximum absolute atomic E-state index is 4.80. The smallest absolute Gasteiger partial charge is 0.190 e. The number of aromatic nitrogens is 1. The zero-order valence-electron chi connectivity index (χ0n) is 12.3. The Balaban J connectivity index is 1.91. The lowest BCUT2D eigenvalue weighted by Gasteiger charge is -2.15. The Morgan fingerprint density at radius 3 is 3.00 bits per heavy atom. The van der Waals surface area contributed by atoms with Gasteiger partial charge < -0.3 is 10.2 Å². The summed E-state index contributed by atoms with van der Waals surface area (Å²) in [5.74, 6) is 0. The van der Waals surface area contributed by atoms with Gasteiger partial charge in [0.2, 0.25) is 0 Å². The molecule has 0 aliphatic carbocycles. The van der Waals surface area contributed by atoms with Crippen molar-refractivity contribution in [2.24, 2.45) is 0 Å². The molecule has 3 rings (SSSR count). The third-order valence-electron chi connectivity index (χ3n) is 3.84. The topological polar surface area (TPSA) is 28.2 Å². The van der Waals surface area contributed by atoms with E-state index < -0.39 is 0 Å². The van der Waals surface area contributed by atoms with E-state index in [1.807, 2.05) is 11.3 Å². The SMILES string of the molecule is CCNC(C)c1sc(N2CCc3ccccc32)nc1C. The second kappa shape index (κ2) is 5.54. The number of thiazole rings is 1. The van der Waals surface area contributed by atoms with Crippen molar-refractivity contribution in [1.29, 1.82) is 0 Å². The Bertz CT molecular complexity index is 606. The Morgan fingerprint density at radius 2 is 2.20 bits per heavy atom. The first kappa shape index (κ1) is 13.6. The van der Waals surface area contributed by atoms with Crippen molar-refractivity contribution in [3.63, 3.8) is 0 Å². The molecule has 0 fully saturated rings. The maximum atomic E-state index is 4.80. The van der Waals surface area contributed by atoms with Crippen LogP contribution in [0.2, 0.25) is 0 Å². The first-order valence-corrected chi connectivity index (χ1v) is 8.08. The molecular formula is C16H21N3S. The number of benzene rings is 1. The van der Waals surface area contributed by atoms with Gasteiger partial charge in [0.1, 0.15) is 0 Å². The van der Waals surface area contributed by atoms with Gasteiger partial charge in [-0.15, -0.1) is 0 Å². The fourth-order valence-corrected chi connectivity index (χ4v) is 3.98. The summed E-state index contributed by atoms with van der Waals surface area (Å²) >= 11 is 1.82. The Hall–Kier alpha value is -1.39. The first-order valence-electron chi connectivity index (χ1n) is 7.27. The highest BCUT2D eigenvalue weighted by Crippen LogP contribution is 2.38. The molecule has 0 saturated heterocycles. The van der Waals surface area contributed by atoms with Crippen molar-refractivity contribution in [3.05, 3.63) is 40.4 Å². The van der Waals surface area contributed by atoms with Gasteiger partial charge in [0.15, 0.2) is 5.13 Å². The van der Waals surface area contributed by atoms with Gasteiger partial charge in [0.25, 0.3) is 0 Å². The minimum atomic E-state index is 0.379. The number of anilines is 2. The number of para-hydroxylation sites is 1. The van der Waals surface area contributed by atoms with Crippen LogP contribution in [0.5, 0.6) is 0 Å². The van der Waals surface area contributed by atoms with Crippen molar-refractivity contribution in [3.8, 4) is 0 Å². The Morgan fingerprint density at radius 1 is 1.40 bits per heavy atom. The summed E-state index contributed by atoms with van der Waals surface area (Å²) in [6, 6.07) is 9.03. The zero-order valence-corrected chi connectivity index (χ0v) is 13.1. The largest absolute Gasteiger partial charge is 0.317 e. The van der Waals surface area contributed by atoms with Gasteiger partial charge in [0, 0.05) is 23.2 Å². The van der Waals surface area contributed by atoms with Crippen LogP contribution in [0.15, 0.2) is 24.3 Å². The molecule has 1 aromatic heterocycles. The Labute approximate surface area is 124 Å². The molecule has 0 amide bonds. The highest BCUT2D eigenvalue weighted by Gasteiger charge is 2.24.